The minimum Gasteiger partial charge on any atom is -0.481 e. The van der Waals surface area contributed by atoms with Crippen LogP contribution in [-0.4, -0.2) is 50.0 Å². The van der Waals surface area contributed by atoms with Crippen LogP contribution in [-0.2, 0) is 11.3 Å². The Morgan fingerprint density at radius 1 is 0.706 bits per heavy atom. The van der Waals surface area contributed by atoms with Gasteiger partial charge in [0.1, 0.15) is 5.82 Å². The molecule has 6 N–H and O–H groups in total. The van der Waals surface area contributed by atoms with Crippen molar-refractivity contribution in [3.05, 3.63) is 126 Å². The highest BCUT2D eigenvalue weighted by atomic mass is 19.1. The van der Waals surface area contributed by atoms with Gasteiger partial charge in [-0.1, -0.05) is 62.4 Å². The molecule has 264 valence electrons. The summed E-state index contributed by atoms with van der Waals surface area (Å²) in [6, 6.07) is 30.7. The predicted molar refractivity (Wildman–Crippen MR) is 196 cm³/mol. The summed E-state index contributed by atoms with van der Waals surface area (Å²) < 4.78 is 16.1. The predicted octanol–water partition coefficient (Wildman–Crippen LogP) is 7.96. The summed E-state index contributed by atoms with van der Waals surface area (Å²) in [6.07, 6.45) is -2.71. The van der Waals surface area contributed by atoms with E-state index in [1.807, 2.05) is 66.9 Å². The minimum absolute atomic E-state index is 0.131. The number of nitrogens with one attached hydrogen (secondary N) is 3. The topological polar surface area (TPSA) is 153 Å². The molecule has 5 rings (SSSR count). The van der Waals surface area contributed by atoms with E-state index in [1.165, 1.54) is 12.1 Å². The lowest BCUT2D eigenvalue weighted by molar-refractivity contribution is -0.139. The quantitative estimate of drug-likeness (QED) is 0.0695. The second-order valence-corrected chi connectivity index (χ2v) is 12.6. The molecule has 51 heavy (non-hydrogen) atoms. The van der Waals surface area contributed by atoms with Gasteiger partial charge < -0.3 is 35.8 Å². The third-order valence-corrected chi connectivity index (χ3v) is 8.33. The number of rotatable bonds is 14. The Hall–Kier alpha value is -5.78. The summed E-state index contributed by atoms with van der Waals surface area (Å²) >= 11 is 0. The monoisotopic (exact) mass is 692 g/mol. The maximum Gasteiger partial charge on any atom is 0.323 e. The number of para-hydroxylation sites is 1. The van der Waals surface area contributed by atoms with Crippen molar-refractivity contribution in [3.8, 4) is 22.4 Å². The van der Waals surface area contributed by atoms with Gasteiger partial charge in [0.2, 0.25) is 0 Å². The number of aliphatic hydroxyl groups is 2. The van der Waals surface area contributed by atoms with Crippen LogP contribution >= 0.6 is 0 Å². The number of aliphatic hydroxyl groups excluding tert-OH is 2. The zero-order valence-electron chi connectivity index (χ0n) is 28.3. The number of aromatic nitrogens is 1. The number of anilines is 3. The molecule has 5 aromatic rings. The number of halogens is 1. The fraction of sp³-hybridized carbons (Fsp3) is 0.225. The van der Waals surface area contributed by atoms with Crippen molar-refractivity contribution in [2.45, 2.75) is 57.8 Å². The number of amides is 3. The van der Waals surface area contributed by atoms with Crippen LogP contribution in [0.2, 0.25) is 0 Å². The molecule has 11 heteroatoms. The fourth-order valence-corrected chi connectivity index (χ4v) is 6.13. The first-order chi connectivity index (χ1) is 24.5. The second-order valence-electron chi connectivity index (χ2n) is 12.6. The largest absolute Gasteiger partial charge is 0.481 e. The van der Waals surface area contributed by atoms with E-state index in [9.17, 15) is 29.0 Å². The Bertz CT molecular complexity index is 1950. The highest BCUT2D eigenvalue weighted by Gasteiger charge is 2.31. The van der Waals surface area contributed by atoms with Gasteiger partial charge in [0, 0.05) is 34.9 Å². The van der Waals surface area contributed by atoms with Gasteiger partial charge in [0.25, 0.3) is 5.91 Å². The van der Waals surface area contributed by atoms with Gasteiger partial charge in [-0.3, -0.25) is 9.59 Å². The van der Waals surface area contributed by atoms with Crippen molar-refractivity contribution < 1.29 is 34.1 Å². The number of benzene rings is 4. The van der Waals surface area contributed by atoms with E-state index in [1.54, 1.807) is 48.5 Å². The fourth-order valence-electron chi connectivity index (χ4n) is 6.13. The van der Waals surface area contributed by atoms with Crippen molar-refractivity contribution in [1.29, 1.82) is 0 Å². The van der Waals surface area contributed by atoms with Crippen LogP contribution in [0.15, 0.2) is 109 Å². The highest BCUT2D eigenvalue weighted by molar-refractivity contribution is 6.12. The van der Waals surface area contributed by atoms with Crippen molar-refractivity contribution >= 4 is 35.0 Å². The lowest BCUT2D eigenvalue weighted by atomic mass is 9.94. The smallest absolute Gasteiger partial charge is 0.323 e. The molecule has 3 amide bonds. The van der Waals surface area contributed by atoms with E-state index in [2.05, 4.69) is 16.0 Å². The molecule has 0 radical (unpaired) electrons. The van der Waals surface area contributed by atoms with Gasteiger partial charge >= 0.3 is 12.0 Å². The minimum atomic E-state index is -1.22. The van der Waals surface area contributed by atoms with Crippen LogP contribution < -0.4 is 16.0 Å². The number of hydrogen-bond acceptors (Lipinski definition) is 5. The van der Waals surface area contributed by atoms with Gasteiger partial charge in [-0.05, 0) is 90.6 Å². The van der Waals surface area contributed by atoms with Crippen molar-refractivity contribution in [2.24, 2.45) is 0 Å². The van der Waals surface area contributed by atoms with Gasteiger partial charge in [-0.15, -0.1) is 0 Å². The zero-order valence-corrected chi connectivity index (χ0v) is 28.3. The number of urea groups is 1. The Labute approximate surface area is 295 Å². The highest BCUT2D eigenvalue weighted by Crippen LogP contribution is 2.42. The van der Waals surface area contributed by atoms with Crippen LogP contribution in [0.25, 0.3) is 22.4 Å². The summed E-state index contributed by atoms with van der Waals surface area (Å²) in [4.78, 5) is 38.0. The molecule has 0 spiro atoms. The molecule has 0 saturated heterocycles. The van der Waals surface area contributed by atoms with Crippen LogP contribution in [0.3, 0.4) is 0 Å². The van der Waals surface area contributed by atoms with Crippen molar-refractivity contribution in [2.75, 3.05) is 16.0 Å². The zero-order chi connectivity index (χ0) is 36.5. The number of aliphatic carboxylic acids is 1. The first kappa shape index (κ1) is 36.5. The van der Waals surface area contributed by atoms with Gasteiger partial charge in [-0.2, -0.15) is 0 Å². The van der Waals surface area contributed by atoms with Crippen molar-refractivity contribution in [1.82, 2.24) is 4.57 Å². The third-order valence-electron chi connectivity index (χ3n) is 8.33. The van der Waals surface area contributed by atoms with E-state index in [4.69, 9.17) is 5.11 Å². The number of hydrogen-bond donors (Lipinski definition) is 6. The normalized spacial score (nSPS) is 12.3. The molecular weight excluding hydrogens is 651 g/mol. The van der Waals surface area contributed by atoms with Crippen molar-refractivity contribution in [3.63, 3.8) is 0 Å². The molecule has 1 heterocycles. The molecule has 0 aliphatic heterocycles. The number of carboxylic acid groups (broad SMARTS) is 1. The standard InChI is InChI=1S/C40H41FN4O6/c1-25(2)37-36(39(50)42-30-17-19-31(20-18-30)44-40(51)43-29-11-7-4-8-12-29)35(26-9-5-3-6-10-26)38(27-13-15-28(41)16-14-27)45(37)22-21-32(46)23-33(47)24-34(48)49/h3-20,25,32-33,46-47H,21-24H2,1-2H3,(H,42,50)(H,48,49)(H2,43,44,51)/t32-,33-/m1/s1. The Balaban J connectivity index is 1.51. The summed E-state index contributed by atoms with van der Waals surface area (Å²) in [7, 11) is 0. The lowest BCUT2D eigenvalue weighted by Crippen LogP contribution is -2.22. The van der Waals surface area contributed by atoms with Crippen LogP contribution in [0.1, 0.15) is 55.1 Å². The first-order valence-electron chi connectivity index (χ1n) is 16.7. The van der Waals surface area contributed by atoms with E-state index >= 15 is 0 Å². The molecule has 4 aromatic carbocycles. The third kappa shape index (κ3) is 9.47. The summed E-state index contributed by atoms with van der Waals surface area (Å²) in [5.41, 5.74) is 5.42. The molecule has 0 unspecified atom stereocenters. The summed E-state index contributed by atoms with van der Waals surface area (Å²) in [5, 5.41) is 38.6. The maximum absolute atomic E-state index is 14.4. The molecule has 0 aliphatic rings. The Morgan fingerprint density at radius 2 is 1.25 bits per heavy atom. The van der Waals surface area contributed by atoms with Gasteiger partial charge in [0.15, 0.2) is 0 Å². The number of carboxylic acids is 1. The van der Waals surface area contributed by atoms with Gasteiger partial charge in [0.05, 0.1) is 29.9 Å². The Kier molecular flexibility index (Phi) is 12.0. The van der Waals surface area contributed by atoms with Crippen LogP contribution in [0.5, 0.6) is 0 Å². The maximum atomic E-state index is 14.4. The van der Waals surface area contributed by atoms with E-state index in [-0.39, 0.29) is 31.2 Å². The number of nitrogens with zero attached hydrogens (tertiary/aromatic N) is 1. The van der Waals surface area contributed by atoms with E-state index in [0.717, 1.165) is 5.56 Å². The summed E-state index contributed by atoms with van der Waals surface area (Å²) in [5.74, 6) is -2.16. The first-order valence-corrected chi connectivity index (χ1v) is 16.7. The number of carbonyl (C=O) groups is 3. The number of carbonyl (C=O) groups excluding carboxylic acids is 2. The molecule has 0 fully saturated rings. The van der Waals surface area contributed by atoms with Crippen LogP contribution in [0, 0.1) is 5.82 Å². The summed E-state index contributed by atoms with van der Waals surface area (Å²) in [6.45, 7) is 4.14. The molecule has 10 nitrogen and oxygen atoms in total. The second kappa shape index (κ2) is 16.8. The molecule has 1 aromatic heterocycles. The molecule has 0 saturated carbocycles. The Morgan fingerprint density at radius 3 is 1.82 bits per heavy atom. The average molecular weight is 693 g/mol. The molecule has 0 bridgehead atoms. The SMILES string of the molecule is CC(C)c1c(C(=O)Nc2ccc(NC(=O)Nc3ccccc3)cc2)c(-c2ccccc2)c(-c2ccc(F)cc2)n1CC[C@@H](O)C[C@@H](O)CC(=O)O. The lowest BCUT2D eigenvalue weighted by Gasteiger charge is -2.20. The average Bonchev–Trinajstić information content (AvgIpc) is 3.44. The van der Waals surface area contributed by atoms with Crippen LogP contribution in [0.4, 0.5) is 26.2 Å². The van der Waals surface area contributed by atoms with E-state index in [0.29, 0.717) is 45.1 Å². The molecular formula is C40H41FN4O6. The van der Waals surface area contributed by atoms with Gasteiger partial charge in [-0.25, -0.2) is 9.18 Å². The molecule has 0 aliphatic carbocycles. The van der Waals surface area contributed by atoms with E-state index < -0.39 is 36.4 Å². The molecule has 2 atom stereocenters.